The van der Waals surface area contributed by atoms with E-state index in [9.17, 15) is 9.59 Å². The molecular weight excluding hydrogens is 186 g/mol. The monoisotopic (exact) mass is 199 g/mol. The van der Waals surface area contributed by atoms with E-state index in [1.54, 1.807) is 6.92 Å². The third kappa shape index (κ3) is 3.08. The van der Waals surface area contributed by atoms with Crippen molar-refractivity contribution in [3.05, 3.63) is 11.8 Å². The van der Waals surface area contributed by atoms with E-state index in [2.05, 4.69) is 10.1 Å². The van der Waals surface area contributed by atoms with Gasteiger partial charge in [0, 0.05) is 12.2 Å². The van der Waals surface area contributed by atoms with E-state index in [1.807, 2.05) is 0 Å². The quantitative estimate of drug-likeness (QED) is 0.288. The fourth-order valence-electron chi connectivity index (χ4n) is 0.868. The summed E-state index contributed by atoms with van der Waals surface area (Å²) in [5.41, 5.74) is -0.348. The molecule has 1 aliphatic carbocycles. The van der Waals surface area contributed by atoms with Crippen LogP contribution < -0.4 is 5.32 Å². The van der Waals surface area contributed by atoms with Crippen molar-refractivity contribution in [1.82, 2.24) is 5.32 Å². The molecule has 1 saturated carbocycles. The van der Waals surface area contributed by atoms with Crippen LogP contribution in [0.4, 0.5) is 0 Å². The third-order valence-electron chi connectivity index (χ3n) is 1.77. The second kappa shape index (κ2) is 4.64. The number of ether oxygens (including phenoxy) is 1. The lowest BCUT2D eigenvalue weighted by Crippen LogP contribution is -2.19. The normalized spacial score (nSPS) is 16.2. The van der Waals surface area contributed by atoms with E-state index in [-0.39, 0.29) is 12.2 Å². The fraction of sp³-hybridized carbons (Fsp3) is 0.556. The number of nitrogens with one attached hydrogen (secondary N) is 1. The third-order valence-corrected chi connectivity index (χ3v) is 1.77. The van der Waals surface area contributed by atoms with Gasteiger partial charge in [0.1, 0.15) is 0 Å². The SMILES string of the molecule is CCOC(=O)C(=CNC1CC1)C(=O)O. The minimum atomic E-state index is -1.27. The van der Waals surface area contributed by atoms with Crippen LogP contribution in [-0.2, 0) is 14.3 Å². The Hall–Kier alpha value is -1.52. The van der Waals surface area contributed by atoms with Crippen molar-refractivity contribution >= 4 is 11.9 Å². The topological polar surface area (TPSA) is 75.6 Å². The number of hydrogen-bond donors (Lipinski definition) is 2. The summed E-state index contributed by atoms with van der Waals surface area (Å²) in [6.45, 7) is 1.80. The molecule has 78 valence electrons. The van der Waals surface area contributed by atoms with Gasteiger partial charge in [-0.25, -0.2) is 9.59 Å². The summed E-state index contributed by atoms with van der Waals surface area (Å²) in [5.74, 6) is -2.07. The van der Waals surface area contributed by atoms with Crippen LogP contribution in [-0.4, -0.2) is 29.7 Å². The van der Waals surface area contributed by atoms with E-state index >= 15 is 0 Å². The highest BCUT2D eigenvalue weighted by atomic mass is 16.5. The summed E-state index contributed by atoms with van der Waals surface area (Å²) in [7, 11) is 0. The molecule has 5 nitrogen and oxygen atoms in total. The number of carbonyl (C=O) groups excluding carboxylic acids is 1. The molecule has 0 radical (unpaired) electrons. The Kier molecular flexibility index (Phi) is 3.50. The Morgan fingerprint density at radius 1 is 1.57 bits per heavy atom. The molecule has 0 aromatic rings. The molecule has 5 heteroatoms. The van der Waals surface area contributed by atoms with E-state index in [4.69, 9.17) is 5.11 Å². The van der Waals surface area contributed by atoms with Crippen LogP contribution in [0.15, 0.2) is 11.8 Å². The maximum atomic E-state index is 11.1. The summed E-state index contributed by atoms with van der Waals surface area (Å²) in [5, 5.41) is 11.5. The second-order valence-corrected chi connectivity index (χ2v) is 3.02. The van der Waals surface area contributed by atoms with Crippen LogP contribution in [0.1, 0.15) is 19.8 Å². The summed E-state index contributed by atoms with van der Waals surface area (Å²) in [4.78, 5) is 21.7. The zero-order chi connectivity index (χ0) is 10.6. The first-order chi connectivity index (χ1) is 6.65. The number of carbonyl (C=O) groups is 2. The van der Waals surface area contributed by atoms with Gasteiger partial charge in [-0.3, -0.25) is 0 Å². The van der Waals surface area contributed by atoms with Gasteiger partial charge in [-0.1, -0.05) is 0 Å². The zero-order valence-corrected chi connectivity index (χ0v) is 7.95. The molecule has 14 heavy (non-hydrogen) atoms. The molecule has 0 heterocycles. The lowest BCUT2D eigenvalue weighted by atomic mass is 10.3. The van der Waals surface area contributed by atoms with Gasteiger partial charge >= 0.3 is 11.9 Å². The van der Waals surface area contributed by atoms with Gasteiger partial charge in [0.25, 0.3) is 0 Å². The average molecular weight is 199 g/mol. The molecule has 0 bridgehead atoms. The van der Waals surface area contributed by atoms with Gasteiger partial charge in [0.05, 0.1) is 6.61 Å². The predicted molar refractivity (Wildman–Crippen MR) is 48.5 cm³/mol. The molecule has 1 rings (SSSR count). The average Bonchev–Trinajstić information content (AvgIpc) is 2.88. The minimum Gasteiger partial charge on any atom is -0.477 e. The standard InChI is InChI=1S/C9H13NO4/c1-2-14-9(13)7(8(11)12)5-10-6-3-4-6/h5-6,10H,2-4H2,1H3,(H,11,12). The van der Waals surface area contributed by atoms with Crippen molar-refractivity contribution in [2.24, 2.45) is 0 Å². The predicted octanol–water partition coefficient (Wildman–Crippen LogP) is 0.270. The molecule has 0 spiro atoms. The van der Waals surface area contributed by atoms with Crippen LogP contribution in [0.5, 0.6) is 0 Å². The van der Waals surface area contributed by atoms with Gasteiger partial charge in [0.15, 0.2) is 5.57 Å². The Bertz CT molecular complexity index is 268. The maximum Gasteiger partial charge on any atom is 0.347 e. The number of aliphatic carboxylic acids is 1. The van der Waals surface area contributed by atoms with E-state index < -0.39 is 11.9 Å². The molecule has 0 saturated heterocycles. The first-order valence-corrected chi connectivity index (χ1v) is 4.51. The highest BCUT2D eigenvalue weighted by Crippen LogP contribution is 2.18. The smallest absolute Gasteiger partial charge is 0.347 e. The molecule has 2 N–H and O–H groups in total. The highest BCUT2D eigenvalue weighted by Gasteiger charge is 2.23. The molecule has 0 unspecified atom stereocenters. The fourth-order valence-corrected chi connectivity index (χ4v) is 0.868. The van der Waals surface area contributed by atoms with Gasteiger partial charge in [-0.2, -0.15) is 0 Å². The largest absolute Gasteiger partial charge is 0.477 e. The molecule has 0 amide bonds. The van der Waals surface area contributed by atoms with Gasteiger partial charge in [-0.15, -0.1) is 0 Å². The lowest BCUT2D eigenvalue weighted by Gasteiger charge is -2.02. The highest BCUT2D eigenvalue weighted by molar-refractivity contribution is 6.13. The lowest BCUT2D eigenvalue weighted by molar-refractivity contribution is -0.143. The molecule has 0 aliphatic heterocycles. The maximum absolute atomic E-state index is 11.1. The molecule has 0 atom stereocenters. The van der Waals surface area contributed by atoms with Gasteiger partial charge < -0.3 is 15.2 Å². The molecule has 1 aliphatic rings. The van der Waals surface area contributed by atoms with Gasteiger partial charge in [0.2, 0.25) is 0 Å². The van der Waals surface area contributed by atoms with Crippen molar-refractivity contribution in [2.45, 2.75) is 25.8 Å². The Morgan fingerprint density at radius 3 is 2.64 bits per heavy atom. The summed E-state index contributed by atoms with van der Waals surface area (Å²) in [6.07, 6.45) is 3.26. The van der Waals surface area contributed by atoms with Crippen LogP contribution in [0.25, 0.3) is 0 Å². The van der Waals surface area contributed by atoms with Gasteiger partial charge in [-0.05, 0) is 19.8 Å². The van der Waals surface area contributed by atoms with Crippen LogP contribution in [0, 0.1) is 0 Å². The number of hydrogen-bond acceptors (Lipinski definition) is 4. The van der Waals surface area contributed by atoms with Crippen molar-refractivity contribution in [2.75, 3.05) is 6.61 Å². The Morgan fingerprint density at radius 2 is 2.21 bits per heavy atom. The number of esters is 1. The number of rotatable bonds is 5. The van der Waals surface area contributed by atoms with Crippen molar-refractivity contribution in [3.63, 3.8) is 0 Å². The van der Waals surface area contributed by atoms with E-state index in [0.717, 1.165) is 12.8 Å². The zero-order valence-electron chi connectivity index (χ0n) is 7.95. The van der Waals surface area contributed by atoms with Crippen LogP contribution in [0.3, 0.4) is 0 Å². The Balaban J connectivity index is 2.56. The van der Waals surface area contributed by atoms with E-state index in [0.29, 0.717) is 6.04 Å². The van der Waals surface area contributed by atoms with Crippen molar-refractivity contribution in [1.29, 1.82) is 0 Å². The van der Waals surface area contributed by atoms with Crippen LogP contribution in [0.2, 0.25) is 0 Å². The molecule has 0 aromatic carbocycles. The van der Waals surface area contributed by atoms with E-state index in [1.165, 1.54) is 6.20 Å². The van der Waals surface area contributed by atoms with Crippen LogP contribution >= 0.6 is 0 Å². The molecule has 0 aromatic heterocycles. The summed E-state index contributed by atoms with van der Waals surface area (Å²) < 4.78 is 4.59. The molecule has 1 fully saturated rings. The number of carboxylic acid groups (broad SMARTS) is 1. The van der Waals surface area contributed by atoms with Crippen molar-refractivity contribution in [3.8, 4) is 0 Å². The second-order valence-electron chi connectivity index (χ2n) is 3.02. The summed E-state index contributed by atoms with van der Waals surface area (Å²) >= 11 is 0. The summed E-state index contributed by atoms with van der Waals surface area (Å²) in [6, 6.07) is 0.318. The first kappa shape index (κ1) is 10.6. The first-order valence-electron chi connectivity index (χ1n) is 4.51. The molecular formula is C9H13NO4. The number of carboxylic acids is 1. The Labute approximate surface area is 81.7 Å². The minimum absolute atomic E-state index is 0.173. The van der Waals surface area contributed by atoms with Crippen molar-refractivity contribution < 1.29 is 19.4 Å².